The number of carboxylic acids is 1. The lowest BCUT2D eigenvalue weighted by Crippen LogP contribution is -2.44. The van der Waals surface area contributed by atoms with Crippen LogP contribution in [0, 0.1) is 6.92 Å². The lowest BCUT2D eigenvalue weighted by Gasteiger charge is -2.36. The van der Waals surface area contributed by atoms with Crippen molar-refractivity contribution in [3.05, 3.63) is 29.3 Å². The highest BCUT2D eigenvalue weighted by Crippen LogP contribution is 2.24. The highest BCUT2D eigenvalue weighted by molar-refractivity contribution is 5.89. The molecule has 1 aromatic rings. The number of likely N-dealkylation sites (N-methyl/N-ethyl adjacent to an activating group) is 1. The topological polar surface area (TPSA) is 60.8 Å². The third-order valence-corrected chi connectivity index (χ3v) is 3.12. The standard InChI is InChI=1S/C13H19NO3/c1-9-7-10(5-6-11(9)12(16)17)14(4)13(2,3)8-15/h5-7,15H,8H2,1-4H3,(H,16,17). The minimum absolute atomic E-state index is 0.0310. The predicted octanol–water partition coefficient (Wildman–Crippen LogP) is 1.90. The zero-order chi connectivity index (χ0) is 13.2. The van der Waals surface area contributed by atoms with E-state index in [-0.39, 0.29) is 12.1 Å². The molecule has 1 aromatic carbocycles. The second-order valence-electron chi connectivity index (χ2n) is 4.83. The summed E-state index contributed by atoms with van der Waals surface area (Å²) in [7, 11) is 1.88. The Kier molecular flexibility index (Phi) is 3.78. The van der Waals surface area contributed by atoms with Crippen molar-refractivity contribution in [1.29, 1.82) is 0 Å². The van der Waals surface area contributed by atoms with E-state index in [2.05, 4.69) is 0 Å². The maximum atomic E-state index is 10.9. The monoisotopic (exact) mass is 237 g/mol. The molecule has 0 bridgehead atoms. The normalized spacial score (nSPS) is 11.4. The number of carbonyl (C=O) groups is 1. The molecule has 0 aliphatic heterocycles. The van der Waals surface area contributed by atoms with Crippen LogP contribution < -0.4 is 4.90 Å². The third-order valence-electron chi connectivity index (χ3n) is 3.12. The average Bonchev–Trinajstić information content (AvgIpc) is 2.27. The molecule has 17 heavy (non-hydrogen) atoms. The molecule has 0 amide bonds. The Bertz CT molecular complexity index is 427. The Labute approximate surface area is 101 Å². The first-order valence-electron chi connectivity index (χ1n) is 5.48. The zero-order valence-corrected chi connectivity index (χ0v) is 10.7. The van der Waals surface area contributed by atoms with Crippen molar-refractivity contribution in [3.8, 4) is 0 Å². The van der Waals surface area contributed by atoms with Crippen molar-refractivity contribution in [2.24, 2.45) is 0 Å². The summed E-state index contributed by atoms with van der Waals surface area (Å²) in [5.74, 6) is -0.918. The first-order chi connectivity index (χ1) is 7.79. The van der Waals surface area contributed by atoms with E-state index in [9.17, 15) is 9.90 Å². The molecular formula is C13H19NO3. The van der Waals surface area contributed by atoms with E-state index in [4.69, 9.17) is 5.11 Å². The van der Waals surface area contributed by atoms with E-state index < -0.39 is 5.97 Å². The van der Waals surface area contributed by atoms with Gasteiger partial charge in [0.2, 0.25) is 0 Å². The molecule has 4 heteroatoms. The molecule has 94 valence electrons. The third kappa shape index (κ3) is 2.77. The number of aliphatic hydroxyl groups excluding tert-OH is 1. The van der Waals surface area contributed by atoms with Gasteiger partial charge in [-0.25, -0.2) is 4.79 Å². The molecule has 0 saturated heterocycles. The Morgan fingerprint density at radius 2 is 2.00 bits per heavy atom. The van der Waals surface area contributed by atoms with Crippen molar-refractivity contribution in [1.82, 2.24) is 0 Å². The van der Waals surface area contributed by atoms with Gasteiger partial charge in [-0.1, -0.05) is 0 Å². The summed E-state index contributed by atoms with van der Waals surface area (Å²) in [5, 5.41) is 18.2. The SMILES string of the molecule is Cc1cc(N(C)C(C)(C)CO)ccc1C(=O)O. The van der Waals surface area contributed by atoms with Gasteiger partial charge in [-0.2, -0.15) is 0 Å². The maximum Gasteiger partial charge on any atom is 0.335 e. The Morgan fingerprint density at radius 1 is 1.41 bits per heavy atom. The number of benzene rings is 1. The number of aromatic carboxylic acids is 1. The molecule has 0 aliphatic carbocycles. The lowest BCUT2D eigenvalue weighted by molar-refractivity contribution is 0.0696. The van der Waals surface area contributed by atoms with E-state index in [1.54, 1.807) is 19.1 Å². The molecule has 2 N–H and O–H groups in total. The van der Waals surface area contributed by atoms with Crippen LogP contribution >= 0.6 is 0 Å². The van der Waals surface area contributed by atoms with E-state index in [0.717, 1.165) is 11.3 Å². The van der Waals surface area contributed by atoms with Gasteiger partial charge in [0.15, 0.2) is 0 Å². The number of aryl methyl sites for hydroxylation is 1. The smallest absolute Gasteiger partial charge is 0.335 e. The van der Waals surface area contributed by atoms with Crippen LogP contribution in [0.25, 0.3) is 0 Å². The van der Waals surface area contributed by atoms with Gasteiger partial charge in [-0.15, -0.1) is 0 Å². The van der Waals surface area contributed by atoms with Crippen LogP contribution in [0.1, 0.15) is 29.8 Å². The molecule has 0 unspecified atom stereocenters. The Hall–Kier alpha value is -1.55. The number of anilines is 1. The molecular weight excluding hydrogens is 218 g/mol. The minimum Gasteiger partial charge on any atom is -0.478 e. The van der Waals surface area contributed by atoms with Crippen LogP contribution in [0.2, 0.25) is 0 Å². The van der Waals surface area contributed by atoms with E-state index in [1.807, 2.05) is 31.9 Å². The van der Waals surface area contributed by atoms with Gasteiger partial charge < -0.3 is 15.1 Å². The molecule has 0 atom stereocenters. The van der Waals surface area contributed by atoms with Crippen LogP contribution in [0.15, 0.2) is 18.2 Å². The summed E-state index contributed by atoms with van der Waals surface area (Å²) in [4.78, 5) is 12.8. The second kappa shape index (κ2) is 4.75. The van der Waals surface area contributed by atoms with Crippen molar-refractivity contribution < 1.29 is 15.0 Å². The summed E-state index contributed by atoms with van der Waals surface area (Å²) >= 11 is 0. The summed E-state index contributed by atoms with van der Waals surface area (Å²) < 4.78 is 0. The molecule has 0 aromatic heterocycles. The predicted molar refractivity (Wildman–Crippen MR) is 67.7 cm³/mol. The van der Waals surface area contributed by atoms with Gasteiger partial charge >= 0.3 is 5.97 Å². The molecule has 1 rings (SSSR count). The summed E-state index contributed by atoms with van der Waals surface area (Å²) in [5.41, 5.74) is 1.54. The van der Waals surface area contributed by atoms with Crippen LogP contribution in [0.3, 0.4) is 0 Å². The van der Waals surface area contributed by atoms with Crippen LogP contribution in [0.4, 0.5) is 5.69 Å². The first-order valence-corrected chi connectivity index (χ1v) is 5.48. The fourth-order valence-corrected chi connectivity index (χ4v) is 1.55. The largest absolute Gasteiger partial charge is 0.478 e. The number of rotatable bonds is 4. The zero-order valence-electron chi connectivity index (χ0n) is 10.7. The maximum absolute atomic E-state index is 10.9. The highest BCUT2D eigenvalue weighted by Gasteiger charge is 2.23. The number of nitrogens with zero attached hydrogens (tertiary/aromatic N) is 1. The fourth-order valence-electron chi connectivity index (χ4n) is 1.55. The summed E-state index contributed by atoms with van der Waals surface area (Å²) in [6.07, 6.45) is 0. The minimum atomic E-state index is -0.918. The molecule has 0 spiro atoms. The van der Waals surface area contributed by atoms with E-state index in [1.165, 1.54) is 0 Å². The van der Waals surface area contributed by atoms with E-state index in [0.29, 0.717) is 5.56 Å². The first kappa shape index (κ1) is 13.5. The van der Waals surface area contributed by atoms with E-state index >= 15 is 0 Å². The molecule has 0 heterocycles. The van der Waals surface area contributed by atoms with Crippen molar-refractivity contribution >= 4 is 11.7 Å². The van der Waals surface area contributed by atoms with Gasteiger partial charge in [-0.3, -0.25) is 0 Å². The van der Waals surface area contributed by atoms with Gasteiger partial charge in [0.1, 0.15) is 0 Å². The molecule has 0 fully saturated rings. The Balaban J connectivity index is 3.10. The van der Waals surface area contributed by atoms with Gasteiger partial charge in [0.25, 0.3) is 0 Å². The highest BCUT2D eigenvalue weighted by atomic mass is 16.4. The van der Waals surface area contributed by atoms with Crippen molar-refractivity contribution in [3.63, 3.8) is 0 Å². The van der Waals surface area contributed by atoms with Crippen LogP contribution in [-0.2, 0) is 0 Å². The quantitative estimate of drug-likeness (QED) is 0.839. The lowest BCUT2D eigenvalue weighted by atomic mass is 10.0. The number of hydrogen-bond acceptors (Lipinski definition) is 3. The summed E-state index contributed by atoms with van der Waals surface area (Å²) in [6, 6.07) is 5.17. The van der Waals surface area contributed by atoms with Gasteiger partial charge in [0.05, 0.1) is 17.7 Å². The molecule has 0 radical (unpaired) electrons. The number of aliphatic hydroxyl groups is 1. The second-order valence-corrected chi connectivity index (χ2v) is 4.83. The van der Waals surface area contributed by atoms with Crippen LogP contribution in [-0.4, -0.2) is 35.4 Å². The number of carboxylic acid groups (broad SMARTS) is 1. The summed E-state index contributed by atoms with van der Waals surface area (Å²) in [6.45, 7) is 5.65. The molecule has 0 aliphatic rings. The molecule has 0 saturated carbocycles. The van der Waals surface area contributed by atoms with Gasteiger partial charge in [0, 0.05) is 12.7 Å². The fraction of sp³-hybridized carbons (Fsp3) is 0.462. The van der Waals surface area contributed by atoms with Crippen molar-refractivity contribution in [2.75, 3.05) is 18.6 Å². The van der Waals surface area contributed by atoms with Crippen molar-refractivity contribution in [2.45, 2.75) is 26.3 Å². The van der Waals surface area contributed by atoms with Gasteiger partial charge in [-0.05, 0) is 44.5 Å². The number of hydrogen-bond donors (Lipinski definition) is 2. The van der Waals surface area contributed by atoms with Crippen LogP contribution in [0.5, 0.6) is 0 Å². The molecule has 4 nitrogen and oxygen atoms in total. The average molecular weight is 237 g/mol. The Morgan fingerprint density at radius 3 is 2.41 bits per heavy atom.